The molecule has 0 fully saturated rings. The van der Waals surface area contributed by atoms with Gasteiger partial charge in [0.25, 0.3) is 0 Å². The lowest BCUT2D eigenvalue weighted by Gasteiger charge is -2.26. The zero-order valence-electron chi connectivity index (χ0n) is 11.5. The summed E-state index contributed by atoms with van der Waals surface area (Å²) in [5.41, 5.74) is 3.02. The Hall–Kier alpha value is -2.41. The number of hydrogen-bond acceptors (Lipinski definition) is 4. The lowest BCUT2D eigenvalue weighted by atomic mass is 10.3. The highest BCUT2D eigenvalue weighted by molar-refractivity contribution is 7.07. The van der Waals surface area contributed by atoms with Crippen molar-refractivity contribution < 1.29 is 14.7 Å². The minimum absolute atomic E-state index is 0.339. The van der Waals surface area contributed by atoms with Crippen LogP contribution in [0.2, 0.25) is 0 Å². The molecule has 0 bridgehead atoms. The summed E-state index contributed by atoms with van der Waals surface area (Å²) in [5.74, 6) is -1.06. The van der Waals surface area contributed by atoms with E-state index in [-0.39, 0.29) is 12.6 Å². The first-order chi connectivity index (χ1) is 10.1. The van der Waals surface area contributed by atoms with E-state index in [4.69, 9.17) is 5.11 Å². The smallest absolute Gasteiger partial charge is 0.325 e. The van der Waals surface area contributed by atoms with E-state index in [0.717, 1.165) is 5.69 Å². The number of urea groups is 1. The molecule has 0 unspecified atom stereocenters. The Labute approximate surface area is 126 Å². The molecule has 0 spiro atoms. The van der Waals surface area contributed by atoms with Gasteiger partial charge in [0.2, 0.25) is 0 Å². The predicted octanol–water partition coefficient (Wildman–Crippen LogP) is 2.29. The van der Waals surface area contributed by atoms with Crippen LogP contribution in [-0.4, -0.2) is 40.6 Å². The SMILES string of the molecule is CN(Cc1cscn1)C(=O)N(CC(=O)O)c1ccccc1. The molecule has 1 aromatic carbocycles. The van der Waals surface area contributed by atoms with Crippen LogP contribution < -0.4 is 4.90 Å². The van der Waals surface area contributed by atoms with Gasteiger partial charge >= 0.3 is 12.0 Å². The fourth-order valence-electron chi connectivity index (χ4n) is 1.84. The molecular weight excluding hydrogens is 290 g/mol. The minimum atomic E-state index is -1.06. The standard InChI is InChI=1S/C14H15N3O3S/c1-16(7-11-9-21-10-15-11)14(20)17(8-13(18)19)12-5-3-2-4-6-12/h2-6,9-10H,7-8H2,1H3,(H,18,19). The van der Waals surface area contributed by atoms with Gasteiger partial charge in [0, 0.05) is 18.1 Å². The van der Waals surface area contributed by atoms with Crippen LogP contribution in [-0.2, 0) is 11.3 Å². The Kier molecular flexibility index (Phi) is 4.89. The number of aliphatic carboxylic acids is 1. The van der Waals surface area contributed by atoms with Crippen molar-refractivity contribution in [3.05, 3.63) is 46.9 Å². The number of carbonyl (C=O) groups is 2. The monoisotopic (exact) mass is 305 g/mol. The van der Waals surface area contributed by atoms with Gasteiger partial charge in [0.05, 0.1) is 17.7 Å². The van der Waals surface area contributed by atoms with E-state index in [1.165, 1.54) is 21.1 Å². The van der Waals surface area contributed by atoms with Crippen LogP contribution in [0.1, 0.15) is 5.69 Å². The third-order valence-electron chi connectivity index (χ3n) is 2.80. The van der Waals surface area contributed by atoms with Crippen molar-refractivity contribution in [2.75, 3.05) is 18.5 Å². The molecule has 2 amide bonds. The van der Waals surface area contributed by atoms with Crippen LogP contribution in [0.5, 0.6) is 0 Å². The van der Waals surface area contributed by atoms with E-state index < -0.39 is 5.97 Å². The molecule has 0 radical (unpaired) electrons. The van der Waals surface area contributed by atoms with Gasteiger partial charge in [-0.15, -0.1) is 11.3 Å². The van der Waals surface area contributed by atoms with Gasteiger partial charge in [0.15, 0.2) is 0 Å². The van der Waals surface area contributed by atoms with E-state index in [9.17, 15) is 9.59 Å². The highest BCUT2D eigenvalue weighted by atomic mass is 32.1. The third kappa shape index (κ3) is 4.03. The fraction of sp³-hybridized carbons (Fsp3) is 0.214. The number of benzene rings is 1. The molecule has 110 valence electrons. The molecule has 21 heavy (non-hydrogen) atoms. The first-order valence-electron chi connectivity index (χ1n) is 6.24. The molecule has 0 atom stereocenters. The summed E-state index contributed by atoms with van der Waals surface area (Å²) in [6.45, 7) is -0.0461. The maximum atomic E-state index is 12.5. The van der Waals surface area contributed by atoms with Gasteiger partial charge in [-0.3, -0.25) is 9.69 Å². The second-order valence-corrected chi connectivity index (χ2v) is 5.15. The molecule has 0 aliphatic carbocycles. The summed E-state index contributed by atoms with van der Waals surface area (Å²) in [5, 5.41) is 10.9. The number of para-hydroxylation sites is 1. The van der Waals surface area contributed by atoms with Gasteiger partial charge in [0.1, 0.15) is 6.54 Å². The number of anilines is 1. The number of carboxylic acid groups (broad SMARTS) is 1. The van der Waals surface area contributed by atoms with Crippen molar-refractivity contribution in [1.29, 1.82) is 0 Å². The molecule has 1 heterocycles. The second kappa shape index (κ2) is 6.85. The molecule has 0 saturated heterocycles. The minimum Gasteiger partial charge on any atom is -0.480 e. The van der Waals surface area contributed by atoms with Crippen molar-refractivity contribution in [3.63, 3.8) is 0 Å². The molecule has 0 aliphatic heterocycles. The Balaban J connectivity index is 2.16. The van der Waals surface area contributed by atoms with Crippen molar-refractivity contribution in [3.8, 4) is 0 Å². The Morgan fingerprint density at radius 1 is 1.29 bits per heavy atom. The van der Waals surface area contributed by atoms with Crippen molar-refractivity contribution in [2.24, 2.45) is 0 Å². The summed E-state index contributed by atoms with van der Waals surface area (Å²) in [4.78, 5) is 30.3. The molecule has 7 heteroatoms. The molecule has 1 aromatic heterocycles. The summed E-state index contributed by atoms with van der Waals surface area (Å²) >= 11 is 1.45. The third-order valence-corrected chi connectivity index (χ3v) is 3.44. The number of nitrogens with zero attached hydrogens (tertiary/aromatic N) is 3. The van der Waals surface area contributed by atoms with Gasteiger partial charge in [-0.2, -0.15) is 0 Å². The molecular formula is C14H15N3O3S. The van der Waals surface area contributed by atoms with Crippen LogP contribution in [0.4, 0.5) is 10.5 Å². The Morgan fingerprint density at radius 2 is 2.00 bits per heavy atom. The van der Waals surface area contributed by atoms with Gasteiger partial charge in [-0.25, -0.2) is 9.78 Å². The van der Waals surface area contributed by atoms with E-state index in [1.807, 2.05) is 11.4 Å². The molecule has 6 nitrogen and oxygen atoms in total. The number of rotatable bonds is 5. The fourth-order valence-corrected chi connectivity index (χ4v) is 2.39. The average molecular weight is 305 g/mol. The van der Waals surface area contributed by atoms with Gasteiger partial charge in [-0.1, -0.05) is 18.2 Å². The first kappa shape index (κ1) is 15.0. The van der Waals surface area contributed by atoms with E-state index in [2.05, 4.69) is 4.98 Å². The predicted molar refractivity (Wildman–Crippen MR) is 80.4 cm³/mol. The van der Waals surface area contributed by atoms with Crippen molar-refractivity contribution in [2.45, 2.75) is 6.54 Å². The Morgan fingerprint density at radius 3 is 2.57 bits per heavy atom. The molecule has 0 saturated carbocycles. The summed E-state index contributed by atoms with van der Waals surface area (Å²) < 4.78 is 0. The van der Waals surface area contributed by atoms with Crippen LogP contribution >= 0.6 is 11.3 Å². The lowest BCUT2D eigenvalue weighted by molar-refractivity contribution is -0.135. The number of aromatic nitrogens is 1. The number of thiazole rings is 1. The second-order valence-electron chi connectivity index (χ2n) is 4.43. The number of carbonyl (C=O) groups excluding carboxylic acids is 1. The van der Waals surface area contributed by atoms with Crippen molar-refractivity contribution in [1.82, 2.24) is 9.88 Å². The van der Waals surface area contributed by atoms with E-state index >= 15 is 0 Å². The van der Waals surface area contributed by atoms with Crippen molar-refractivity contribution >= 4 is 29.0 Å². The number of amides is 2. The average Bonchev–Trinajstić information content (AvgIpc) is 2.97. The van der Waals surface area contributed by atoms with Gasteiger partial charge < -0.3 is 10.0 Å². The normalized spacial score (nSPS) is 10.1. The molecule has 1 N–H and O–H groups in total. The first-order valence-corrected chi connectivity index (χ1v) is 7.18. The van der Waals surface area contributed by atoms with E-state index in [0.29, 0.717) is 12.2 Å². The quantitative estimate of drug-likeness (QED) is 0.919. The lowest BCUT2D eigenvalue weighted by Crippen LogP contribution is -2.43. The number of hydrogen-bond donors (Lipinski definition) is 1. The van der Waals surface area contributed by atoms with Crippen LogP contribution in [0.15, 0.2) is 41.2 Å². The van der Waals surface area contributed by atoms with E-state index in [1.54, 1.807) is 36.8 Å². The van der Waals surface area contributed by atoms with Crippen LogP contribution in [0.25, 0.3) is 0 Å². The van der Waals surface area contributed by atoms with Crippen LogP contribution in [0.3, 0.4) is 0 Å². The molecule has 2 rings (SSSR count). The highest BCUT2D eigenvalue weighted by Crippen LogP contribution is 2.16. The maximum Gasteiger partial charge on any atom is 0.325 e. The Bertz CT molecular complexity index is 601. The summed E-state index contributed by atoms with van der Waals surface area (Å²) in [6.07, 6.45) is 0. The molecule has 2 aromatic rings. The molecule has 0 aliphatic rings. The zero-order chi connectivity index (χ0) is 15.2. The largest absolute Gasteiger partial charge is 0.480 e. The van der Waals surface area contributed by atoms with Crippen LogP contribution in [0, 0.1) is 0 Å². The summed E-state index contributed by atoms with van der Waals surface area (Å²) in [7, 11) is 1.62. The maximum absolute atomic E-state index is 12.5. The summed E-state index contributed by atoms with van der Waals surface area (Å²) in [6, 6.07) is 8.37. The topological polar surface area (TPSA) is 73.7 Å². The zero-order valence-corrected chi connectivity index (χ0v) is 12.3. The highest BCUT2D eigenvalue weighted by Gasteiger charge is 2.22. The number of carboxylic acids is 1. The van der Waals surface area contributed by atoms with Gasteiger partial charge in [-0.05, 0) is 12.1 Å².